The minimum Gasteiger partial charge on any atom is -0.356 e. The Balaban J connectivity index is 2.27. The molecule has 0 saturated heterocycles. The third-order valence-corrected chi connectivity index (χ3v) is 3.49. The molecule has 1 amide bonds. The van der Waals surface area contributed by atoms with Gasteiger partial charge >= 0.3 is 0 Å². The summed E-state index contributed by atoms with van der Waals surface area (Å²) in [5.74, 6) is 0.245. The van der Waals surface area contributed by atoms with E-state index in [4.69, 9.17) is 5.73 Å². The van der Waals surface area contributed by atoms with Crippen molar-refractivity contribution in [2.75, 3.05) is 6.54 Å². The molecule has 3 heteroatoms. The lowest BCUT2D eigenvalue weighted by Gasteiger charge is -2.20. The quantitative estimate of drug-likeness (QED) is 0.558. The highest BCUT2D eigenvalue weighted by Crippen LogP contribution is 2.22. The predicted octanol–water partition coefficient (Wildman–Crippen LogP) is 2.20. The maximum atomic E-state index is 11.9. The van der Waals surface area contributed by atoms with E-state index in [-0.39, 0.29) is 17.9 Å². The Kier molecular flexibility index (Phi) is 6.46. The highest BCUT2D eigenvalue weighted by atomic mass is 16.1. The van der Waals surface area contributed by atoms with Gasteiger partial charge in [-0.25, -0.2) is 0 Å². The zero-order valence-corrected chi connectivity index (χ0v) is 10.5. The fraction of sp³-hybridized carbons (Fsp3) is 0.923. The Bertz CT molecular complexity index is 206. The first-order valence-corrected chi connectivity index (χ1v) is 6.79. The van der Waals surface area contributed by atoms with Crippen LogP contribution in [0.3, 0.4) is 0 Å². The van der Waals surface area contributed by atoms with Crippen LogP contribution in [-0.2, 0) is 4.79 Å². The van der Waals surface area contributed by atoms with Crippen LogP contribution < -0.4 is 11.1 Å². The van der Waals surface area contributed by atoms with E-state index in [0.29, 0.717) is 0 Å². The van der Waals surface area contributed by atoms with Gasteiger partial charge < -0.3 is 11.1 Å². The summed E-state index contributed by atoms with van der Waals surface area (Å²) >= 11 is 0. The van der Waals surface area contributed by atoms with Crippen molar-refractivity contribution in [2.24, 2.45) is 11.7 Å². The standard InChI is InChI=1S/C13H26N2O/c1-2-3-7-10-15-13(16)11-8-5-4-6-9-12(11)14/h11-12H,2-10,14H2,1H3,(H,15,16). The van der Waals surface area contributed by atoms with Crippen molar-refractivity contribution in [3.8, 4) is 0 Å². The molecule has 0 radical (unpaired) electrons. The summed E-state index contributed by atoms with van der Waals surface area (Å²) in [6.45, 7) is 2.99. The summed E-state index contributed by atoms with van der Waals surface area (Å²) in [7, 11) is 0. The number of carbonyl (C=O) groups excluding carboxylic acids is 1. The predicted molar refractivity (Wildman–Crippen MR) is 67.1 cm³/mol. The van der Waals surface area contributed by atoms with Gasteiger partial charge in [-0.2, -0.15) is 0 Å². The molecule has 0 aromatic rings. The summed E-state index contributed by atoms with van der Waals surface area (Å²) < 4.78 is 0. The van der Waals surface area contributed by atoms with E-state index in [1.54, 1.807) is 0 Å². The summed E-state index contributed by atoms with van der Waals surface area (Å²) in [5.41, 5.74) is 6.05. The zero-order chi connectivity index (χ0) is 11.8. The molecule has 1 fully saturated rings. The zero-order valence-electron chi connectivity index (χ0n) is 10.5. The molecule has 16 heavy (non-hydrogen) atoms. The molecule has 3 nitrogen and oxygen atoms in total. The Hall–Kier alpha value is -0.570. The molecular weight excluding hydrogens is 200 g/mol. The Morgan fingerprint density at radius 1 is 1.25 bits per heavy atom. The maximum absolute atomic E-state index is 11.9. The van der Waals surface area contributed by atoms with Crippen molar-refractivity contribution in [2.45, 2.75) is 64.3 Å². The number of amides is 1. The molecule has 1 aliphatic rings. The Labute approximate surface area is 99.2 Å². The molecule has 0 bridgehead atoms. The van der Waals surface area contributed by atoms with Crippen LogP contribution in [0.5, 0.6) is 0 Å². The van der Waals surface area contributed by atoms with Gasteiger partial charge in [-0.1, -0.05) is 39.0 Å². The maximum Gasteiger partial charge on any atom is 0.224 e. The van der Waals surface area contributed by atoms with Crippen LogP contribution in [0.1, 0.15) is 58.3 Å². The second kappa shape index (κ2) is 7.66. The third kappa shape index (κ3) is 4.52. The minimum atomic E-state index is 0.0594. The first-order valence-electron chi connectivity index (χ1n) is 6.79. The topological polar surface area (TPSA) is 55.1 Å². The number of carbonyl (C=O) groups is 1. The molecule has 0 aromatic carbocycles. The average molecular weight is 226 g/mol. The van der Waals surface area contributed by atoms with E-state index in [0.717, 1.165) is 32.2 Å². The van der Waals surface area contributed by atoms with Crippen molar-refractivity contribution in [3.63, 3.8) is 0 Å². The summed E-state index contributed by atoms with van der Waals surface area (Å²) in [6, 6.07) is 0.0775. The highest BCUT2D eigenvalue weighted by molar-refractivity contribution is 5.79. The average Bonchev–Trinajstić information content (AvgIpc) is 2.49. The van der Waals surface area contributed by atoms with Crippen LogP contribution in [0.4, 0.5) is 0 Å². The first kappa shape index (κ1) is 13.5. The Morgan fingerprint density at radius 3 is 2.75 bits per heavy atom. The second-order valence-corrected chi connectivity index (χ2v) is 4.91. The molecule has 0 aliphatic heterocycles. The minimum absolute atomic E-state index is 0.0594. The molecular formula is C13H26N2O. The molecule has 0 spiro atoms. The van der Waals surface area contributed by atoms with Crippen molar-refractivity contribution in [3.05, 3.63) is 0 Å². The third-order valence-electron chi connectivity index (χ3n) is 3.49. The van der Waals surface area contributed by atoms with E-state index in [1.807, 2.05) is 0 Å². The van der Waals surface area contributed by atoms with E-state index in [1.165, 1.54) is 25.7 Å². The van der Waals surface area contributed by atoms with Crippen LogP contribution in [0, 0.1) is 5.92 Å². The van der Waals surface area contributed by atoms with Crippen LogP contribution in [0.15, 0.2) is 0 Å². The highest BCUT2D eigenvalue weighted by Gasteiger charge is 2.26. The van der Waals surface area contributed by atoms with Crippen molar-refractivity contribution in [1.29, 1.82) is 0 Å². The first-order chi connectivity index (χ1) is 7.75. The van der Waals surface area contributed by atoms with Gasteiger partial charge in [0.15, 0.2) is 0 Å². The van der Waals surface area contributed by atoms with E-state index < -0.39 is 0 Å². The number of hydrogen-bond acceptors (Lipinski definition) is 2. The van der Waals surface area contributed by atoms with E-state index >= 15 is 0 Å². The van der Waals surface area contributed by atoms with Gasteiger partial charge in [-0.05, 0) is 19.3 Å². The monoisotopic (exact) mass is 226 g/mol. The molecule has 0 heterocycles. The summed E-state index contributed by atoms with van der Waals surface area (Å²) in [6.07, 6.45) is 9.02. The SMILES string of the molecule is CCCCCNC(=O)C1CCCCCC1N. The van der Waals surface area contributed by atoms with Crippen molar-refractivity contribution in [1.82, 2.24) is 5.32 Å². The molecule has 2 atom stereocenters. The van der Waals surface area contributed by atoms with Crippen LogP contribution >= 0.6 is 0 Å². The lowest BCUT2D eigenvalue weighted by atomic mass is 9.94. The molecule has 1 aliphatic carbocycles. The molecule has 94 valence electrons. The van der Waals surface area contributed by atoms with Gasteiger partial charge in [0.25, 0.3) is 0 Å². The fourth-order valence-electron chi connectivity index (χ4n) is 2.38. The van der Waals surface area contributed by atoms with Gasteiger partial charge in [0.05, 0.1) is 5.92 Å². The van der Waals surface area contributed by atoms with Crippen LogP contribution in [-0.4, -0.2) is 18.5 Å². The molecule has 1 rings (SSSR count). The second-order valence-electron chi connectivity index (χ2n) is 4.91. The van der Waals surface area contributed by atoms with Crippen molar-refractivity contribution >= 4 is 5.91 Å². The number of hydrogen-bond donors (Lipinski definition) is 2. The summed E-state index contributed by atoms with van der Waals surface area (Å²) in [4.78, 5) is 11.9. The van der Waals surface area contributed by atoms with Gasteiger partial charge in [-0.15, -0.1) is 0 Å². The van der Waals surface area contributed by atoms with E-state index in [9.17, 15) is 4.79 Å². The number of unbranched alkanes of at least 4 members (excludes halogenated alkanes) is 2. The molecule has 0 aromatic heterocycles. The van der Waals surface area contributed by atoms with E-state index in [2.05, 4.69) is 12.2 Å². The van der Waals surface area contributed by atoms with Gasteiger partial charge in [0.2, 0.25) is 5.91 Å². The van der Waals surface area contributed by atoms with Gasteiger partial charge in [-0.3, -0.25) is 4.79 Å². The number of nitrogens with one attached hydrogen (secondary N) is 1. The molecule has 2 unspecified atom stereocenters. The largest absolute Gasteiger partial charge is 0.356 e. The summed E-state index contributed by atoms with van der Waals surface area (Å²) in [5, 5.41) is 3.03. The number of nitrogens with two attached hydrogens (primary N) is 1. The fourth-order valence-corrected chi connectivity index (χ4v) is 2.38. The van der Waals surface area contributed by atoms with Gasteiger partial charge in [0, 0.05) is 12.6 Å². The van der Waals surface area contributed by atoms with Crippen LogP contribution in [0.25, 0.3) is 0 Å². The Morgan fingerprint density at radius 2 is 2.00 bits per heavy atom. The smallest absolute Gasteiger partial charge is 0.224 e. The lowest BCUT2D eigenvalue weighted by molar-refractivity contribution is -0.125. The van der Waals surface area contributed by atoms with Gasteiger partial charge in [0.1, 0.15) is 0 Å². The number of rotatable bonds is 5. The normalized spacial score (nSPS) is 26.1. The van der Waals surface area contributed by atoms with Crippen molar-refractivity contribution < 1.29 is 4.79 Å². The molecule has 3 N–H and O–H groups in total. The lowest BCUT2D eigenvalue weighted by Crippen LogP contribution is -2.41. The van der Waals surface area contributed by atoms with Crippen LogP contribution in [0.2, 0.25) is 0 Å². The molecule has 1 saturated carbocycles.